The largest absolute Gasteiger partial charge is 0.503 e. The second kappa shape index (κ2) is 7.03. The van der Waals surface area contributed by atoms with Crippen LogP contribution in [0.5, 0.6) is 0 Å². The molecule has 0 saturated heterocycles. The molecule has 28 heavy (non-hydrogen) atoms. The molecule has 0 aliphatic rings. The van der Waals surface area contributed by atoms with Crippen LogP contribution in [0.1, 0.15) is 10.4 Å². The summed E-state index contributed by atoms with van der Waals surface area (Å²) in [6.07, 6.45) is 2.34. The molecule has 0 spiro atoms. The predicted octanol–water partition coefficient (Wildman–Crippen LogP) is 2.42. The highest BCUT2D eigenvalue weighted by Crippen LogP contribution is 2.31. The first-order chi connectivity index (χ1) is 13.1. The molecule has 0 aliphatic heterocycles. The summed E-state index contributed by atoms with van der Waals surface area (Å²) in [5.74, 6) is -0.552. The van der Waals surface area contributed by atoms with Crippen molar-refractivity contribution in [2.45, 2.75) is 10.5 Å². The summed E-state index contributed by atoms with van der Waals surface area (Å²) in [5, 5.41) is 8.68. The fraction of sp³-hybridized carbons (Fsp3) is 0.125. The zero-order chi connectivity index (χ0) is 20.5. The van der Waals surface area contributed by atoms with Gasteiger partial charge in [-0.25, -0.2) is 13.4 Å². The van der Waals surface area contributed by atoms with Gasteiger partial charge in [-0.1, -0.05) is 12.1 Å². The first-order valence-electron chi connectivity index (χ1n) is 7.63. The molecule has 3 rings (SSSR count). The van der Waals surface area contributed by atoms with Crippen LogP contribution in [-0.4, -0.2) is 39.6 Å². The molecule has 2 aromatic heterocycles. The number of aryl methyl sites for hydroxylation is 1. The number of pyridine rings is 1. The highest BCUT2D eigenvalue weighted by molar-refractivity contribution is 7.92. The fourth-order valence-electron chi connectivity index (χ4n) is 2.37. The van der Waals surface area contributed by atoms with Crippen molar-refractivity contribution in [2.75, 3.05) is 5.32 Å². The Bertz CT molecular complexity index is 1140. The maximum absolute atomic E-state index is 12.9. The monoisotopic (exact) mass is 411 g/mol. The Morgan fingerprint density at radius 3 is 2.57 bits per heavy atom. The van der Waals surface area contributed by atoms with Gasteiger partial charge in [-0.2, -0.15) is 13.2 Å². The van der Waals surface area contributed by atoms with E-state index in [2.05, 4.69) is 20.5 Å². The normalized spacial score (nSPS) is 12.0. The molecule has 2 heterocycles. The van der Waals surface area contributed by atoms with Gasteiger partial charge in [0.05, 0.1) is 5.56 Å². The van der Waals surface area contributed by atoms with E-state index in [0.29, 0.717) is 11.4 Å². The molecule has 12 heteroatoms. The van der Waals surface area contributed by atoms with E-state index >= 15 is 0 Å². The summed E-state index contributed by atoms with van der Waals surface area (Å²) in [4.78, 5) is 15.7. The highest BCUT2D eigenvalue weighted by Gasteiger charge is 2.49. The van der Waals surface area contributed by atoms with E-state index in [1.807, 2.05) is 0 Å². The lowest BCUT2D eigenvalue weighted by atomic mass is 10.2. The molecule has 8 nitrogen and oxygen atoms in total. The number of carbonyl (C=O) groups is 1. The first kappa shape index (κ1) is 19.5. The summed E-state index contributed by atoms with van der Waals surface area (Å²) >= 11 is 0. The lowest BCUT2D eigenvalue weighted by Gasteiger charge is -2.12. The fourth-order valence-corrected chi connectivity index (χ4v) is 3.24. The van der Waals surface area contributed by atoms with Crippen molar-refractivity contribution < 1.29 is 26.4 Å². The van der Waals surface area contributed by atoms with Gasteiger partial charge in [-0.05, 0) is 24.3 Å². The first-order valence-corrected chi connectivity index (χ1v) is 9.12. The molecule has 0 fully saturated rings. The molecule has 0 atom stereocenters. The van der Waals surface area contributed by atoms with Gasteiger partial charge in [0.2, 0.25) is 0 Å². The SMILES string of the molecule is Cn1cnnc1-c1cccc(NC(=O)c2cccnc2S(=O)(=O)C(F)(F)F)c1. The number of hydrogen-bond acceptors (Lipinski definition) is 6. The van der Waals surface area contributed by atoms with Gasteiger partial charge in [0.25, 0.3) is 15.7 Å². The Morgan fingerprint density at radius 1 is 1.18 bits per heavy atom. The number of benzene rings is 1. The van der Waals surface area contributed by atoms with Crippen molar-refractivity contribution in [1.82, 2.24) is 19.7 Å². The molecular formula is C16H12F3N5O3S. The van der Waals surface area contributed by atoms with Gasteiger partial charge in [0.15, 0.2) is 10.9 Å². The predicted molar refractivity (Wildman–Crippen MR) is 91.9 cm³/mol. The van der Waals surface area contributed by atoms with Crippen molar-refractivity contribution >= 4 is 21.4 Å². The Hall–Kier alpha value is -3.28. The maximum Gasteiger partial charge on any atom is 0.503 e. The number of nitrogens with zero attached hydrogens (tertiary/aromatic N) is 4. The summed E-state index contributed by atoms with van der Waals surface area (Å²) in [5.41, 5.74) is -5.48. The van der Waals surface area contributed by atoms with Crippen LogP contribution in [0, 0.1) is 0 Å². The smallest absolute Gasteiger partial charge is 0.322 e. The molecule has 0 aliphatic carbocycles. The molecule has 1 aromatic carbocycles. The summed E-state index contributed by atoms with van der Waals surface area (Å²) < 4.78 is 63.6. The average molecular weight is 411 g/mol. The topological polar surface area (TPSA) is 107 Å². The third-order valence-electron chi connectivity index (χ3n) is 3.67. The van der Waals surface area contributed by atoms with Gasteiger partial charge in [0, 0.05) is 24.5 Å². The number of alkyl halides is 3. The third-order valence-corrected chi connectivity index (χ3v) is 5.11. The molecule has 0 radical (unpaired) electrons. The van der Waals surface area contributed by atoms with Crippen LogP contribution >= 0.6 is 0 Å². The lowest BCUT2D eigenvalue weighted by Crippen LogP contribution is -2.27. The Labute approximate surface area is 157 Å². The van der Waals surface area contributed by atoms with E-state index < -0.39 is 31.8 Å². The van der Waals surface area contributed by atoms with Crippen molar-refractivity contribution in [1.29, 1.82) is 0 Å². The minimum absolute atomic E-state index is 0.227. The van der Waals surface area contributed by atoms with Crippen molar-refractivity contribution in [3.8, 4) is 11.4 Å². The summed E-state index contributed by atoms with van der Waals surface area (Å²) in [6.45, 7) is 0. The lowest BCUT2D eigenvalue weighted by molar-refractivity contribution is -0.0438. The minimum Gasteiger partial charge on any atom is -0.322 e. The Balaban J connectivity index is 1.95. The van der Waals surface area contributed by atoms with Crippen molar-refractivity contribution in [3.63, 3.8) is 0 Å². The second-order valence-corrected chi connectivity index (χ2v) is 7.46. The Kier molecular flexibility index (Phi) is 4.89. The van der Waals surface area contributed by atoms with E-state index in [1.54, 1.807) is 23.7 Å². The molecule has 0 bridgehead atoms. The van der Waals surface area contributed by atoms with Crippen LogP contribution in [0.15, 0.2) is 53.9 Å². The van der Waals surface area contributed by atoms with Crippen molar-refractivity contribution in [2.24, 2.45) is 7.05 Å². The average Bonchev–Trinajstić information content (AvgIpc) is 3.07. The van der Waals surface area contributed by atoms with Gasteiger partial charge < -0.3 is 9.88 Å². The van der Waals surface area contributed by atoms with E-state index in [1.165, 1.54) is 24.5 Å². The zero-order valence-electron chi connectivity index (χ0n) is 14.2. The van der Waals surface area contributed by atoms with Crippen LogP contribution < -0.4 is 5.32 Å². The van der Waals surface area contributed by atoms with Crippen LogP contribution in [0.2, 0.25) is 0 Å². The number of sulfone groups is 1. The molecule has 0 saturated carbocycles. The van der Waals surface area contributed by atoms with E-state index in [-0.39, 0.29) is 5.69 Å². The molecule has 0 unspecified atom stereocenters. The summed E-state index contributed by atoms with van der Waals surface area (Å²) in [7, 11) is -4.07. The summed E-state index contributed by atoms with van der Waals surface area (Å²) in [6, 6.07) is 8.43. The number of nitrogens with one attached hydrogen (secondary N) is 1. The maximum atomic E-state index is 12.9. The minimum atomic E-state index is -5.79. The number of amides is 1. The van der Waals surface area contributed by atoms with E-state index in [9.17, 15) is 26.4 Å². The number of hydrogen-bond donors (Lipinski definition) is 1. The van der Waals surface area contributed by atoms with E-state index in [4.69, 9.17) is 0 Å². The quantitative estimate of drug-likeness (QED) is 0.707. The van der Waals surface area contributed by atoms with Gasteiger partial charge >= 0.3 is 5.51 Å². The standard InChI is InChI=1S/C16H12F3N5O3S/c1-24-9-21-23-13(24)10-4-2-5-11(8-10)22-14(25)12-6-3-7-20-15(12)28(26,27)16(17,18)19/h2-9H,1H3,(H,22,25). The number of halogens is 3. The van der Waals surface area contributed by atoms with Gasteiger partial charge in [-0.3, -0.25) is 4.79 Å². The number of carbonyl (C=O) groups excluding carboxylic acids is 1. The van der Waals surface area contributed by atoms with Crippen LogP contribution in [0.25, 0.3) is 11.4 Å². The number of aromatic nitrogens is 4. The Morgan fingerprint density at radius 2 is 1.93 bits per heavy atom. The van der Waals surface area contributed by atoms with E-state index in [0.717, 1.165) is 12.3 Å². The zero-order valence-corrected chi connectivity index (χ0v) is 15.0. The van der Waals surface area contributed by atoms with Gasteiger partial charge in [-0.15, -0.1) is 10.2 Å². The second-order valence-electron chi connectivity index (χ2n) is 5.61. The molecule has 1 N–H and O–H groups in total. The number of anilines is 1. The molecular weight excluding hydrogens is 399 g/mol. The number of rotatable bonds is 4. The highest BCUT2D eigenvalue weighted by atomic mass is 32.2. The third kappa shape index (κ3) is 3.58. The van der Waals surface area contributed by atoms with Crippen LogP contribution in [0.3, 0.4) is 0 Å². The molecule has 1 amide bonds. The van der Waals surface area contributed by atoms with Crippen LogP contribution in [-0.2, 0) is 16.9 Å². The molecule has 3 aromatic rings. The van der Waals surface area contributed by atoms with Gasteiger partial charge in [0.1, 0.15) is 6.33 Å². The molecule has 146 valence electrons. The van der Waals surface area contributed by atoms with Crippen molar-refractivity contribution in [3.05, 3.63) is 54.5 Å². The van der Waals surface area contributed by atoms with Crippen LogP contribution in [0.4, 0.5) is 18.9 Å².